The number of hydrogen-bond donors (Lipinski definition) is 1. The number of carbonyl (C=O) groups is 2. The number of hydrogen-bond acceptors (Lipinski definition) is 4. The highest BCUT2D eigenvalue weighted by atomic mass is 16.5. The predicted octanol–water partition coefficient (Wildman–Crippen LogP) is 2.24. The van der Waals surface area contributed by atoms with Gasteiger partial charge in [0.2, 0.25) is 0 Å². The van der Waals surface area contributed by atoms with E-state index in [4.69, 9.17) is 4.42 Å². The van der Waals surface area contributed by atoms with Crippen LogP contribution in [0.15, 0.2) is 47.1 Å². The normalized spacial score (nSPS) is 11.7. The van der Waals surface area contributed by atoms with Crippen molar-refractivity contribution in [2.24, 2.45) is 0 Å². The molecule has 0 aliphatic carbocycles. The summed E-state index contributed by atoms with van der Waals surface area (Å²) in [5, 5.41) is 2.54. The van der Waals surface area contributed by atoms with E-state index in [0.29, 0.717) is 5.56 Å². The van der Waals surface area contributed by atoms with Gasteiger partial charge in [0.05, 0.1) is 13.4 Å². The van der Waals surface area contributed by atoms with Crippen molar-refractivity contribution >= 4 is 11.9 Å². The van der Waals surface area contributed by atoms with Gasteiger partial charge in [0, 0.05) is 5.56 Å². The number of rotatable bonds is 4. The Morgan fingerprint density at radius 1 is 1.20 bits per heavy atom. The molecule has 104 valence electrons. The highest BCUT2D eigenvalue weighted by Gasteiger charge is 2.21. The third-order valence-electron chi connectivity index (χ3n) is 2.86. The first-order valence-electron chi connectivity index (χ1n) is 6.15. The van der Waals surface area contributed by atoms with Gasteiger partial charge >= 0.3 is 5.97 Å². The van der Waals surface area contributed by atoms with E-state index in [1.54, 1.807) is 13.0 Å². The van der Waals surface area contributed by atoms with E-state index in [1.165, 1.54) is 13.4 Å². The van der Waals surface area contributed by atoms with Crippen LogP contribution in [0.2, 0.25) is 0 Å². The molecule has 5 nitrogen and oxygen atoms in total. The summed E-state index contributed by atoms with van der Waals surface area (Å²) in [6, 6.07) is 10.4. The fourth-order valence-electron chi connectivity index (χ4n) is 1.83. The molecule has 0 fully saturated rings. The summed E-state index contributed by atoms with van der Waals surface area (Å²) in [7, 11) is 1.27. The maximum absolute atomic E-state index is 12.1. The molecule has 0 saturated heterocycles. The SMILES string of the molecule is COC(=O)C(C)NC(=O)c1occc1-c1ccccc1. The summed E-state index contributed by atoms with van der Waals surface area (Å²) in [6.07, 6.45) is 1.44. The van der Waals surface area contributed by atoms with Crippen LogP contribution in [0, 0.1) is 0 Å². The lowest BCUT2D eigenvalue weighted by Gasteiger charge is -2.11. The van der Waals surface area contributed by atoms with Crippen LogP contribution in [0.1, 0.15) is 17.5 Å². The molecule has 1 aromatic heterocycles. The van der Waals surface area contributed by atoms with Gasteiger partial charge < -0.3 is 14.5 Å². The van der Waals surface area contributed by atoms with Crippen molar-refractivity contribution < 1.29 is 18.7 Å². The van der Waals surface area contributed by atoms with E-state index in [2.05, 4.69) is 10.1 Å². The number of benzene rings is 1. The molecule has 1 N–H and O–H groups in total. The number of furan rings is 1. The smallest absolute Gasteiger partial charge is 0.328 e. The van der Waals surface area contributed by atoms with Gasteiger partial charge in [-0.1, -0.05) is 30.3 Å². The van der Waals surface area contributed by atoms with Gasteiger partial charge in [0.25, 0.3) is 5.91 Å². The zero-order valence-electron chi connectivity index (χ0n) is 11.3. The molecule has 2 rings (SSSR count). The number of methoxy groups -OCH3 is 1. The third kappa shape index (κ3) is 2.88. The Morgan fingerprint density at radius 3 is 2.55 bits per heavy atom. The number of esters is 1. The lowest BCUT2D eigenvalue weighted by Crippen LogP contribution is -2.39. The number of ether oxygens (including phenoxy) is 1. The van der Waals surface area contributed by atoms with Crippen LogP contribution in [-0.2, 0) is 9.53 Å². The zero-order valence-corrected chi connectivity index (χ0v) is 11.3. The highest BCUT2D eigenvalue weighted by molar-refractivity contribution is 5.99. The number of amides is 1. The van der Waals surface area contributed by atoms with Crippen LogP contribution >= 0.6 is 0 Å². The minimum atomic E-state index is -0.735. The molecule has 1 unspecified atom stereocenters. The first kappa shape index (κ1) is 13.9. The second-order valence-electron chi connectivity index (χ2n) is 4.25. The average molecular weight is 273 g/mol. The molecule has 20 heavy (non-hydrogen) atoms. The van der Waals surface area contributed by atoms with Gasteiger partial charge in [0.1, 0.15) is 6.04 Å². The van der Waals surface area contributed by atoms with Gasteiger partial charge in [-0.3, -0.25) is 4.79 Å². The van der Waals surface area contributed by atoms with E-state index in [0.717, 1.165) is 5.56 Å². The van der Waals surface area contributed by atoms with E-state index >= 15 is 0 Å². The quantitative estimate of drug-likeness (QED) is 0.867. The Balaban J connectivity index is 2.20. The van der Waals surface area contributed by atoms with Crippen molar-refractivity contribution in [1.29, 1.82) is 0 Å². The molecule has 5 heteroatoms. The molecule has 0 radical (unpaired) electrons. The van der Waals surface area contributed by atoms with Gasteiger partial charge in [-0.15, -0.1) is 0 Å². The topological polar surface area (TPSA) is 68.5 Å². The summed E-state index contributed by atoms with van der Waals surface area (Å²) in [5.41, 5.74) is 1.55. The monoisotopic (exact) mass is 273 g/mol. The summed E-state index contributed by atoms with van der Waals surface area (Å²) >= 11 is 0. The minimum absolute atomic E-state index is 0.173. The van der Waals surface area contributed by atoms with Crippen molar-refractivity contribution in [2.45, 2.75) is 13.0 Å². The lowest BCUT2D eigenvalue weighted by atomic mass is 10.1. The Bertz CT molecular complexity index is 603. The Hall–Kier alpha value is -2.56. The van der Waals surface area contributed by atoms with Crippen LogP contribution in [0.5, 0.6) is 0 Å². The molecule has 0 spiro atoms. The van der Waals surface area contributed by atoms with Crippen LogP contribution in [0.3, 0.4) is 0 Å². The predicted molar refractivity (Wildman–Crippen MR) is 73.1 cm³/mol. The maximum Gasteiger partial charge on any atom is 0.328 e. The standard InChI is InChI=1S/C15H15NO4/c1-10(15(18)19-2)16-14(17)13-12(8-9-20-13)11-6-4-3-5-7-11/h3-10H,1-2H3,(H,16,17). The van der Waals surface area contributed by atoms with Crippen molar-refractivity contribution in [1.82, 2.24) is 5.32 Å². The number of carbonyl (C=O) groups excluding carboxylic acids is 2. The zero-order chi connectivity index (χ0) is 14.5. The van der Waals surface area contributed by atoms with E-state index in [-0.39, 0.29) is 5.76 Å². The second kappa shape index (κ2) is 6.06. The van der Waals surface area contributed by atoms with Crippen LogP contribution < -0.4 is 5.32 Å². The second-order valence-corrected chi connectivity index (χ2v) is 4.25. The van der Waals surface area contributed by atoms with Gasteiger partial charge in [-0.05, 0) is 18.6 Å². The number of nitrogens with one attached hydrogen (secondary N) is 1. The van der Waals surface area contributed by atoms with Crippen molar-refractivity contribution in [2.75, 3.05) is 7.11 Å². The molecular formula is C15H15NO4. The molecule has 1 heterocycles. The largest absolute Gasteiger partial charge is 0.467 e. The summed E-state index contributed by atoms with van der Waals surface area (Å²) < 4.78 is 9.79. The Labute approximate surface area is 116 Å². The molecule has 0 saturated carbocycles. The van der Waals surface area contributed by atoms with Crippen molar-refractivity contribution in [3.8, 4) is 11.1 Å². The van der Waals surface area contributed by atoms with Crippen LogP contribution in [0.25, 0.3) is 11.1 Å². The molecule has 0 aliphatic heterocycles. The van der Waals surface area contributed by atoms with Gasteiger partial charge in [-0.2, -0.15) is 0 Å². The van der Waals surface area contributed by atoms with Crippen molar-refractivity contribution in [3.63, 3.8) is 0 Å². The van der Waals surface area contributed by atoms with E-state index in [9.17, 15) is 9.59 Å². The molecule has 2 aromatic rings. The Kier molecular flexibility index (Phi) is 4.20. The fourth-order valence-corrected chi connectivity index (χ4v) is 1.83. The minimum Gasteiger partial charge on any atom is -0.467 e. The van der Waals surface area contributed by atoms with Crippen molar-refractivity contribution in [3.05, 3.63) is 48.4 Å². The molecule has 1 amide bonds. The summed E-state index contributed by atoms with van der Waals surface area (Å²) in [5.74, 6) is -0.787. The average Bonchev–Trinajstić information content (AvgIpc) is 2.96. The third-order valence-corrected chi connectivity index (χ3v) is 2.86. The molecular weight excluding hydrogens is 258 g/mol. The van der Waals surface area contributed by atoms with E-state index in [1.807, 2.05) is 30.3 Å². The summed E-state index contributed by atoms with van der Waals surface area (Å²) in [4.78, 5) is 23.4. The first-order chi connectivity index (χ1) is 9.63. The van der Waals surface area contributed by atoms with Gasteiger partial charge in [0.15, 0.2) is 5.76 Å². The van der Waals surface area contributed by atoms with Crippen LogP contribution in [-0.4, -0.2) is 25.0 Å². The fraction of sp³-hybridized carbons (Fsp3) is 0.200. The van der Waals surface area contributed by atoms with E-state index < -0.39 is 17.9 Å². The summed E-state index contributed by atoms with van der Waals surface area (Å²) in [6.45, 7) is 1.55. The lowest BCUT2D eigenvalue weighted by molar-refractivity contribution is -0.142. The highest BCUT2D eigenvalue weighted by Crippen LogP contribution is 2.24. The molecule has 0 aliphatic rings. The van der Waals surface area contributed by atoms with Gasteiger partial charge in [-0.25, -0.2) is 4.79 Å². The molecule has 0 bridgehead atoms. The van der Waals surface area contributed by atoms with Crippen LogP contribution in [0.4, 0.5) is 0 Å². The molecule has 1 aromatic carbocycles. The maximum atomic E-state index is 12.1. The molecule has 1 atom stereocenters. The first-order valence-corrected chi connectivity index (χ1v) is 6.15. The Morgan fingerprint density at radius 2 is 1.90 bits per heavy atom.